The van der Waals surface area contributed by atoms with Crippen molar-refractivity contribution in [1.29, 1.82) is 0 Å². The second-order valence-electron chi connectivity index (χ2n) is 5.47. The molecule has 0 aromatic carbocycles. The molecule has 0 aliphatic heterocycles. The summed E-state index contributed by atoms with van der Waals surface area (Å²) in [7, 11) is 2.13. The molecule has 1 fully saturated rings. The van der Waals surface area contributed by atoms with E-state index in [1.165, 1.54) is 32.1 Å². The molecule has 1 heterocycles. The summed E-state index contributed by atoms with van der Waals surface area (Å²) in [5.41, 5.74) is 0. The third kappa shape index (κ3) is 5.10. The van der Waals surface area contributed by atoms with Crippen LogP contribution in [0, 0.1) is 0 Å². The average molecular weight is 322 g/mol. The van der Waals surface area contributed by atoms with E-state index in [9.17, 15) is 13.2 Å². The van der Waals surface area contributed by atoms with Crippen LogP contribution in [-0.2, 0) is 6.18 Å². The maximum Gasteiger partial charge on any atom is 0.452 e. The summed E-state index contributed by atoms with van der Waals surface area (Å²) < 4.78 is 40.4. The lowest BCUT2D eigenvalue weighted by molar-refractivity contribution is -0.144. The molecule has 2 rings (SSSR count). The Kier molecular flexibility index (Phi) is 5.80. The Morgan fingerprint density at radius 2 is 2.00 bits per heavy atom. The largest absolute Gasteiger partial charge is 0.452 e. The van der Waals surface area contributed by atoms with Crippen LogP contribution in [-0.4, -0.2) is 40.4 Å². The first kappa shape index (κ1) is 16.5. The van der Waals surface area contributed by atoms with Gasteiger partial charge in [0.15, 0.2) is 0 Å². The van der Waals surface area contributed by atoms with Crippen LogP contribution in [0.3, 0.4) is 0 Å². The second-order valence-corrected chi connectivity index (χ2v) is 6.23. The molecule has 0 spiro atoms. The van der Waals surface area contributed by atoms with Gasteiger partial charge < -0.3 is 10.2 Å². The van der Waals surface area contributed by atoms with Crippen molar-refractivity contribution in [3.05, 3.63) is 5.82 Å². The maximum atomic E-state index is 12.3. The van der Waals surface area contributed by atoms with Crippen molar-refractivity contribution in [2.24, 2.45) is 0 Å². The van der Waals surface area contributed by atoms with Crippen molar-refractivity contribution in [3.8, 4) is 0 Å². The summed E-state index contributed by atoms with van der Waals surface area (Å²) in [5.74, 6) is -1.06. The van der Waals surface area contributed by atoms with Gasteiger partial charge in [0, 0.05) is 24.1 Å². The first-order valence-corrected chi connectivity index (χ1v) is 8.09. The van der Waals surface area contributed by atoms with E-state index >= 15 is 0 Å². The molecule has 8 heteroatoms. The molecule has 1 saturated carbocycles. The van der Waals surface area contributed by atoms with Gasteiger partial charge >= 0.3 is 6.18 Å². The molecule has 120 valence electrons. The van der Waals surface area contributed by atoms with Crippen LogP contribution < -0.4 is 5.32 Å². The molecule has 1 aromatic rings. The van der Waals surface area contributed by atoms with Crippen LogP contribution >= 0.6 is 11.5 Å². The number of halogens is 3. The zero-order valence-electron chi connectivity index (χ0n) is 12.1. The van der Waals surface area contributed by atoms with Crippen LogP contribution in [0.25, 0.3) is 0 Å². The van der Waals surface area contributed by atoms with Crippen LogP contribution in [0.1, 0.15) is 44.3 Å². The second kappa shape index (κ2) is 7.40. The summed E-state index contributed by atoms with van der Waals surface area (Å²) in [4.78, 5) is 5.81. The van der Waals surface area contributed by atoms with Gasteiger partial charge in [-0.1, -0.05) is 19.3 Å². The van der Waals surface area contributed by atoms with E-state index < -0.39 is 12.0 Å². The topological polar surface area (TPSA) is 41.0 Å². The van der Waals surface area contributed by atoms with Gasteiger partial charge in [-0.15, -0.1) is 0 Å². The minimum atomic E-state index is -4.46. The van der Waals surface area contributed by atoms with Gasteiger partial charge in [-0.3, -0.25) is 0 Å². The van der Waals surface area contributed by atoms with Crippen molar-refractivity contribution in [3.63, 3.8) is 0 Å². The highest BCUT2D eigenvalue weighted by atomic mass is 32.1. The SMILES string of the molecule is CN(CCCNc1nc(C(F)(F)F)ns1)C1CCCCC1. The zero-order chi connectivity index (χ0) is 15.3. The lowest BCUT2D eigenvalue weighted by Gasteiger charge is -2.31. The Labute approximate surface area is 126 Å². The number of nitrogens with one attached hydrogen (secondary N) is 1. The minimum absolute atomic E-state index is 0.239. The predicted octanol–water partition coefficient (Wildman–Crippen LogP) is 3.62. The van der Waals surface area contributed by atoms with Crippen molar-refractivity contribution < 1.29 is 13.2 Å². The lowest BCUT2D eigenvalue weighted by atomic mass is 9.94. The minimum Gasteiger partial charge on any atom is -0.360 e. The van der Waals surface area contributed by atoms with Gasteiger partial charge in [-0.25, -0.2) is 0 Å². The monoisotopic (exact) mass is 322 g/mol. The number of rotatable bonds is 6. The third-order valence-electron chi connectivity index (χ3n) is 3.84. The summed E-state index contributed by atoms with van der Waals surface area (Å²) in [6, 6.07) is 0.664. The highest BCUT2D eigenvalue weighted by Crippen LogP contribution is 2.28. The standard InChI is InChI=1S/C13H21F3N4S/c1-20(10-6-3-2-4-7-10)9-5-8-17-12-18-11(19-21-12)13(14,15)16/h10H,2-9H2,1H3,(H,17,18,19). The number of hydrogen-bond acceptors (Lipinski definition) is 5. The fraction of sp³-hybridized carbons (Fsp3) is 0.846. The van der Waals surface area contributed by atoms with Crippen molar-refractivity contribution in [2.75, 3.05) is 25.5 Å². The summed E-state index contributed by atoms with van der Waals surface area (Å²) in [6.07, 6.45) is 2.89. The Morgan fingerprint density at radius 1 is 1.29 bits per heavy atom. The van der Waals surface area contributed by atoms with Crippen LogP contribution in [0.5, 0.6) is 0 Å². The number of aromatic nitrogens is 2. The molecule has 0 bridgehead atoms. The van der Waals surface area contributed by atoms with Gasteiger partial charge in [-0.2, -0.15) is 22.5 Å². The molecular formula is C13H21F3N4S. The molecule has 0 saturated heterocycles. The number of alkyl halides is 3. The number of nitrogens with zero attached hydrogens (tertiary/aromatic N) is 3. The molecule has 1 aromatic heterocycles. The lowest BCUT2D eigenvalue weighted by Crippen LogP contribution is -2.34. The first-order valence-electron chi connectivity index (χ1n) is 7.32. The molecule has 4 nitrogen and oxygen atoms in total. The van der Waals surface area contributed by atoms with Gasteiger partial charge in [0.2, 0.25) is 11.0 Å². The molecule has 0 unspecified atom stereocenters. The van der Waals surface area contributed by atoms with E-state index in [1.807, 2.05) is 0 Å². The van der Waals surface area contributed by atoms with E-state index in [0.29, 0.717) is 12.6 Å². The summed E-state index contributed by atoms with van der Waals surface area (Å²) in [6.45, 7) is 1.56. The fourth-order valence-corrected chi connectivity index (χ4v) is 3.25. The zero-order valence-corrected chi connectivity index (χ0v) is 12.9. The van der Waals surface area contributed by atoms with Crippen molar-refractivity contribution in [1.82, 2.24) is 14.3 Å². The van der Waals surface area contributed by atoms with Gasteiger partial charge in [0.05, 0.1) is 0 Å². The van der Waals surface area contributed by atoms with Crippen LogP contribution in [0.2, 0.25) is 0 Å². The Balaban J connectivity index is 1.66. The van der Waals surface area contributed by atoms with Crippen LogP contribution in [0.4, 0.5) is 18.3 Å². The van der Waals surface area contributed by atoms with Crippen molar-refractivity contribution >= 4 is 16.7 Å². The predicted molar refractivity (Wildman–Crippen MR) is 77.5 cm³/mol. The van der Waals surface area contributed by atoms with E-state index in [-0.39, 0.29) is 5.13 Å². The van der Waals surface area contributed by atoms with E-state index in [4.69, 9.17) is 0 Å². The Bertz CT molecular complexity index is 429. The molecular weight excluding hydrogens is 301 g/mol. The summed E-state index contributed by atoms with van der Waals surface area (Å²) in [5, 5.41) is 3.15. The molecule has 0 atom stereocenters. The Morgan fingerprint density at radius 3 is 2.62 bits per heavy atom. The molecule has 0 amide bonds. The van der Waals surface area contributed by atoms with Crippen molar-refractivity contribution in [2.45, 2.75) is 50.7 Å². The van der Waals surface area contributed by atoms with Gasteiger partial charge in [0.1, 0.15) is 0 Å². The molecule has 1 aliphatic rings. The maximum absolute atomic E-state index is 12.3. The number of anilines is 1. The molecule has 0 radical (unpaired) electrons. The summed E-state index contributed by atoms with van der Waals surface area (Å²) >= 11 is 0.757. The quantitative estimate of drug-likeness (QED) is 0.812. The highest BCUT2D eigenvalue weighted by Gasteiger charge is 2.36. The van der Waals surface area contributed by atoms with E-state index in [1.54, 1.807) is 0 Å². The van der Waals surface area contributed by atoms with Gasteiger partial charge in [0.25, 0.3) is 0 Å². The number of hydrogen-bond donors (Lipinski definition) is 1. The van der Waals surface area contributed by atoms with E-state index in [0.717, 1.165) is 24.5 Å². The fourth-order valence-electron chi connectivity index (χ4n) is 2.64. The molecule has 21 heavy (non-hydrogen) atoms. The van der Waals surface area contributed by atoms with Gasteiger partial charge in [-0.05, 0) is 32.9 Å². The third-order valence-corrected chi connectivity index (χ3v) is 4.51. The average Bonchev–Trinajstić information content (AvgIpc) is 2.93. The van der Waals surface area contributed by atoms with E-state index in [2.05, 4.69) is 26.6 Å². The Hall–Kier alpha value is -0.890. The smallest absolute Gasteiger partial charge is 0.360 e. The normalized spacial score (nSPS) is 17.4. The molecule has 1 N–H and O–H groups in total. The van der Waals surface area contributed by atoms with Crippen LogP contribution in [0.15, 0.2) is 0 Å². The highest BCUT2D eigenvalue weighted by molar-refractivity contribution is 7.09. The first-order chi connectivity index (χ1) is 9.97. The molecule has 1 aliphatic carbocycles.